The number of nitrogens with one attached hydrogen (secondary N) is 1. The van der Waals surface area contributed by atoms with Crippen LogP contribution in [0, 0.1) is 0 Å². The predicted octanol–water partition coefficient (Wildman–Crippen LogP) is 3.98. The number of hydrogen-bond donors (Lipinski definition) is 3. The van der Waals surface area contributed by atoms with Crippen LogP contribution in [-0.2, 0) is 16.0 Å². The normalized spacial score (nSPS) is 10.8. The van der Waals surface area contributed by atoms with E-state index in [1.165, 1.54) is 30.4 Å². The Morgan fingerprint density at radius 1 is 1.12 bits per heavy atom. The average Bonchev–Trinajstić information content (AvgIpc) is 2.49. The lowest BCUT2D eigenvalue weighted by Gasteiger charge is -2.07. The lowest BCUT2D eigenvalue weighted by molar-refractivity contribution is -0.136. The van der Waals surface area contributed by atoms with Crippen molar-refractivity contribution in [1.82, 2.24) is 0 Å². The van der Waals surface area contributed by atoms with Crippen LogP contribution in [0.5, 0.6) is 5.75 Å². The molecular weight excluding hydrogens is 353 g/mol. The highest BCUT2D eigenvalue weighted by molar-refractivity contribution is 6.35. The van der Waals surface area contributed by atoms with E-state index < -0.39 is 11.9 Å². The summed E-state index contributed by atoms with van der Waals surface area (Å²) in [4.78, 5) is 22.7. The Morgan fingerprint density at radius 2 is 1.88 bits per heavy atom. The zero-order valence-corrected chi connectivity index (χ0v) is 13.8. The van der Waals surface area contributed by atoms with Gasteiger partial charge in [0.05, 0.1) is 12.1 Å². The van der Waals surface area contributed by atoms with Crippen LogP contribution in [0.1, 0.15) is 11.1 Å². The average molecular weight is 366 g/mol. The number of amides is 1. The maximum Gasteiger partial charge on any atom is 0.307 e. The molecule has 0 atom stereocenters. The summed E-state index contributed by atoms with van der Waals surface area (Å²) in [5.41, 5.74) is 1.20. The second-order valence-electron chi connectivity index (χ2n) is 4.91. The number of carboxylic acid groups (broad SMARTS) is 1. The number of carbonyl (C=O) groups excluding carboxylic acids is 1. The smallest absolute Gasteiger partial charge is 0.307 e. The minimum absolute atomic E-state index is 0.130. The standard InChI is InChI=1S/C17H13Cl2NO4/c18-12-4-2-11(13(19)9-12)3-6-16(22)20-14-7-10(8-17(23)24)1-5-15(14)21/h1-7,9,21H,8H2,(H,20,22)(H,23,24)/b6-3+. The highest BCUT2D eigenvalue weighted by Gasteiger charge is 2.08. The first-order valence-corrected chi connectivity index (χ1v) is 7.58. The number of carboxylic acids is 1. The zero-order valence-electron chi connectivity index (χ0n) is 12.3. The van der Waals surface area contributed by atoms with Crippen LogP contribution in [0.4, 0.5) is 5.69 Å². The van der Waals surface area contributed by atoms with Crippen molar-refractivity contribution in [3.63, 3.8) is 0 Å². The minimum atomic E-state index is -1.00. The molecule has 2 rings (SSSR count). The van der Waals surface area contributed by atoms with Crippen molar-refractivity contribution in [3.05, 3.63) is 63.6 Å². The second kappa shape index (κ2) is 7.86. The molecule has 3 N–H and O–H groups in total. The molecule has 5 nitrogen and oxygen atoms in total. The van der Waals surface area contributed by atoms with E-state index in [0.717, 1.165) is 0 Å². The van der Waals surface area contributed by atoms with Gasteiger partial charge in [0.15, 0.2) is 0 Å². The van der Waals surface area contributed by atoms with E-state index in [1.54, 1.807) is 18.2 Å². The van der Waals surface area contributed by atoms with Crippen molar-refractivity contribution in [2.45, 2.75) is 6.42 Å². The van der Waals surface area contributed by atoms with E-state index in [-0.39, 0.29) is 17.9 Å². The second-order valence-corrected chi connectivity index (χ2v) is 5.75. The number of aromatic hydroxyl groups is 1. The van der Waals surface area contributed by atoms with Crippen molar-refractivity contribution in [2.75, 3.05) is 5.32 Å². The van der Waals surface area contributed by atoms with Gasteiger partial charge in [-0.15, -0.1) is 0 Å². The van der Waals surface area contributed by atoms with Crippen LogP contribution in [0.3, 0.4) is 0 Å². The first kappa shape index (κ1) is 17.8. The van der Waals surface area contributed by atoms with Gasteiger partial charge in [-0.2, -0.15) is 0 Å². The van der Waals surface area contributed by atoms with Gasteiger partial charge in [-0.3, -0.25) is 9.59 Å². The van der Waals surface area contributed by atoms with Gasteiger partial charge in [-0.25, -0.2) is 0 Å². The van der Waals surface area contributed by atoms with E-state index in [4.69, 9.17) is 28.3 Å². The fourth-order valence-electron chi connectivity index (χ4n) is 1.94. The number of phenols is 1. The Kier molecular flexibility index (Phi) is 5.84. The molecule has 0 aliphatic rings. The molecule has 2 aromatic carbocycles. The molecule has 7 heteroatoms. The number of rotatable bonds is 5. The van der Waals surface area contributed by atoms with Crippen LogP contribution in [0.2, 0.25) is 10.0 Å². The highest BCUT2D eigenvalue weighted by Crippen LogP contribution is 2.25. The number of phenolic OH excluding ortho intramolecular Hbond substituents is 1. The third-order valence-corrected chi connectivity index (χ3v) is 3.61. The zero-order chi connectivity index (χ0) is 17.7. The molecule has 0 unspecified atom stereocenters. The lowest BCUT2D eigenvalue weighted by atomic mass is 10.1. The van der Waals surface area contributed by atoms with Crippen LogP contribution in [0.25, 0.3) is 6.08 Å². The molecule has 0 heterocycles. The fraction of sp³-hybridized carbons (Fsp3) is 0.0588. The Morgan fingerprint density at radius 3 is 2.54 bits per heavy atom. The van der Waals surface area contributed by atoms with E-state index in [0.29, 0.717) is 21.2 Å². The summed E-state index contributed by atoms with van der Waals surface area (Å²) in [6.07, 6.45) is 2.55. The monoisotopic (exact) mass is 365 g/mol. The number of halogens is 2. The van der Waals surface area contributed by atoms with Crippen molar-refractivity contribution in [2.24, 2.45) is 0 Å². The molecule has 0 radical (unpaired) electrons. The Labute approximate surface area is 148 Å². The summed E-state index contributed by atoms with van der Waals surface area (Å²) in [6.45, 7) is 0. The topological polar surface area (TPSA) is 86.6 Å². The highest BCUT2D eigenvalue weighted by atomic mass is 35.5. The fourth-order valence-corrected chi connectivity index (χ4v) is 2.42. The van der Waals surface area contributed by atoms with Crippen LogP contribution in [-0.4, -0.2) is 22.1 Å². The van der Waals surface area contributed by atoms with Gasteiger partial charge in [0.25, 0.3) is 0 Å². The Bertz CT molecular complexity index is 818. The molecule has 0 spiro atoms. The summed E-state index contributed by atoms with van der Waals surface area (Å²) in [5, 5.41) is 21.9. The molecule has 0 aliphatic carbocycles. The van der Waals surface area contributed by atoms with Gasteiger partial charge in [0.2, 0.25) is 5.91 Å². The first-order chi connectivity index (χ1) is 11.3. The Hall–Kier alpha value is -2.50. The summed E-state index contributed by atoms with van der Waals surface area (Å²) >= 11 is 11.8. The predicted molar refractivity (Wildman–Crippen MR) is 93.6 cm³/mol. The van der Waals surface area contributed by atoms with E-state index in [1.807, 2.05) is 0 Å². The van der Waals surface area contributed by atoms with Crippen molar-refractivity contribution >= 4 is 46.8 Å². The molecule has 0 saturated heterocycles. The van der Waals surface area contributed by atoms with Crippen LogP contribution in [0.15, 0.2) is 42.5 Å². The molecular formula is C17H13Cl2NO4. The maximum atomic E-state index is 12.0. The number of aliphatic carboxylic acids is 1. The number of anilines is 1. The van der Waals surface area contributed by atoms with Crippen LogP contribution < -0.4 is 5.32 Å². The third kappa shape index (κ3) is 5.01. The lowest BCUT2D eigenvalue weighted by Crippen LogP contribution is -2.09. The summed E-state index contributed by atoms with van der Waals surface area (Å²) in [6, 6.07) is 9.08. The SMILES string of the molecule is O=C(O)Cc1ccc(O)c(NC(=O)/C=C/c2ccc(Cl)cc2Cl)c1. The molecule has 0 saturated carbocycles. The van der Waals surface area contributed by atoms with Crippen molar-refractivity contribution in [1.29, 1.82) is 0 Å². The first-order valence-electron chi connectivity index (χ1n) is 6.83. The molecule has 2 aromatic rings. The van der Waals surface area contributed by atoms with Crippen molar-refractivity contribution in [3.8, 4) is 5.75 Å². The van der Waals surface area contributed by atoms with Gasteiger partial charge >= 0.3 is 5.97 Å². The van der Waals surface area contributed by atoms with E-state index in [9.17, 15) is 14.7 Å². The van der Waals surface area contributed by atoms with Gasteiger partial charge < -0.3 is 15.5 Å². The van der Waals surface area contributed by atoms with Crippen LogP contribution >= 0.6 is 23.2 Å². The minimum Gasteiger partial charge on any atom is -0.506 e. The molecule has 0 bridgehead atoms. The van der Waals surface area contributed by atoms with Gasteiger partial charge in [0, 0.05) is 16.1 Å². The van der Waals surface area contributed by atoms with Crippen molar-refractivity contribution < 1.29 is 19.8 Å². The van der Waals surface area contributed by atoms with E-state index in [2.05, 4.69) is 5.32 Å². The summed E-state index contributed by atoms with van der Waals surface area (Å²) < 4.78 is 0. The molecule has 0 aromatic heterocycles. The number of carbonyl (C=O) groups is 2. The molecule has 0 aliphatic heterocycles. The summed E-state index contributed by atoms with van der Waals surface area (Å²) in [7, 11) is 0. The summed E-state index contributed by atoms with van der Waals surface area (Å²) in [5.74, 6) is -1.66. The number of benzene rings is 2. The maximum absolute atomic E-state index is 12.0. The van der Waals surface area contributed by atoms with Gasteiger partial charge in [-0.1, -0.05) is 35.3 Å². The molecule has 24 heavy (non-hydrogen) atoms. The largest absolute Gasteiger partial charge is 0.506 e. The Balaban J connectivity index is 2.11. The van der Waals surface area contributed by atoms with Gasteiger partial charge in [0.1, 0.15) is 5.75 Å². The van der Waals surface area contributed by atoms with Gasteiger partial charge in [-0.05, 0) is 41.5 Å². The quantitative estimate of drug-likeness (QED) is 0.552. The molecule has 1 amide bonds. The molecule has 124 valence electrons. The number of hydrogen-bond acceptors (Lipinski definition) is 3. The third-order valence-electron chi connectivity index (χ3n) is 3.05. The molecule has 0 fully saturated rings. The van der Waals surface area contributed by atoms with E-state index >= 15 is 0 Å².